The fraction of sp³-hybridized carbons (Fsp3) is 0.333. The summed E-state index contributed by atoms with van der Waals surface area (Å²) in [5.74, 6) is 1.01. The number of carbonyl (C=O) groups is 2. The largest absolute Gasteiger partial charge is 0.493 e. The number of carbonyl (C=O) groups excluding carboxylic acids is 2. The minimum Gasteiger partial charge on any atom is -0.493 e. The molecule has 0 aliphatic carbocycles. The van der Waals surface area contributed by atoms with Crippen molar-refractivity contribution in [1.82, 2.24) is 10.2 Å². The smallest absolute Gasteiger partial charge is 0.246 e. The Bertz CT molecular complexity index is 707. The van der Waals surface area contributed by atoms with Crippen LogP contribution in [-0.4, -0.2) is 36.9 Å². The molecule has 110 valence electrons. The molecule has 1 fully saturated rings. The molecule has 1 unspecified atom stereocenters. The van der Waals surface area contributed by atoms with Crippen LogP contribution < -0.4 is 10.1 Å². The molecule has 6 nitrogen and oxygen atoms in total. The summed E-state index contributed by atoms with van der Waals surface area (Å²) in [7, 11) is 3.09. The molecule has 2 heterocycles. The average Bonchev–Trinajstić information content (AvgIpc) is 3.01. The van der Waals surface area contributed by atoms with E-state index in [0.29, 0.717) is 23.6 Å². The van der Waals surface area contributed by atoms with Crippen LogP contribution in [0.2, 0.25) is 0 Å². The van der Waals surface area contributed by atoms with Crippen molar-refractivity contribution >= 4 is 22.8 Å². The fourth-order valence-electron chi connectivity index (χ4n) is 2.48. The summed E-state index contributed by atoms with van der Waals surface area (Å²) < 4.78 is 11.0. The van der Waals surface area contributed by atoms with Gasteiger partial charge in [0.15, 0.2) is 11.3 Å². The topological polar surface area (TPSA) is 71.8 Å². The quantitative estimate of drug-likeness (QED) is 0.858. The minimum atomic E-state index is -0.474. The van der Waals surface area contributed by atoms with Crippen molar-refractivity contribution in [2.24, 2.45) is 0 Å². The molecule has 1 aliphatic rings. The lowest BCUT2D eigenvalue weighted by Gasteiger charge is -2.09. The van der Waals surface area contributed by atoms with Crippen molar-refractivity contribution in [2.45, 2.75) is 19.0 Å². The van der Waals surface area contributed by atoms with Gasteiger partial charge in [-0.25, -0.2) is 0 Å². The molecule has 1 aliphatic heterocycles. The highest BCUT2D eigenvalue weighted by Gasteiger charge is 2.35. The highest BCUT2D eigenvalue weighted by atomic mass is 16.5. The van der Waals surface area contributed by atoms with Gasteiger partial charge in [-0.15, -0.1) is 0 Å². The minimum absolute atomic E-state index is 0.163. The van der Waals surface area contributed by atoms with Gasteiger partial charge in [-0.05, 0) is 12.1 Å². The third kappa shape index (κ3) is 2.38. The second kappa shape index (κ2) is 5.21. The van der Waals surface area contributed by atoms with E-state index in [0.717, 1.165) is 10.3 Å². The van der Waals surface area contributed by atoms with E-state index in [-0.39, 0.29) is 18.2 Å². The third-order valence-corrected chi connectivity index (χ3v) is 3.68. The predicted molar refractivity (Wildman–Crippen MR) is 75.8 cm³/mol. The van der Waals surface area contributed by atoms with E-state index in [1.807, 2.05) is 24.3 Å². The SMILES string of the molecule is COc1cccc2cc(CNC3CC(=O)N(C)C3=O)oc12. The Morgan fingerprint density at radius 3 is 2.90 bits per heavy atom. The normalized spacial score (nSPS) is 18.8. The van der Waals surface area contributed by atoms with E-state index < -0.39 is 6.04 Å². The van der Waals surface area contributed by atoms with Gasteiger partial charge in [-0.1, -0.05) is 12.1 Å². The predicted octanol–water partition coefficient (Wildman–Crippen LogP) is 1.29. The number of ether oxygens (including phenoxy) is 1. The second-order valence-electron chi connectivity index (χ2n) is 5.02. The zero-order valence-corrected chi connectivity index (χ0v) is 11.9. The Kier molecular flexibility index (Phi) is 3.39. The van der Waals surface area contributed by atoms with Crippen molar-refractivity contribution in [1.29, 1.82) is 0 Å². The molecule has 1 atom stereocenters. The van der Waals surface area contributed by atoms with Crippen LogP contribution in [0.4, 0.5) is 0 Å². The Hall–Kier alpha value is -2.34. The van der Waals surface area contributed by atoms with Crippen LogP contribution in [0.25, 0.3) is 11.0 Å². The van der Waals surface area contributed by atoms with Gasteiger partial charge in [0.25, 0.3) is 0 Å². The van der Waals surface area contributed by atoms with E-state index >= 15 is 0 Å². The lowest BCUT2D eigenvalue weighted by atomic mass is 10.2. The summed E-state index contributed by atoms with van der Waals surface area (Å²) in [4.78, 5) is 24.4. The molecule has 2 aromatic rings. The number of fused-ring (bicyclic) bond motifs is 1. The summed E-state index contributed by atoms with van der Waals surface area (Å²) in [6.07, 6.45) is 0.193. The van der Waals surface area contributed by atoms with Crippen molar-refractivity contribution in [2.75, 3.05) is 14.2 Å². The molecule has 1 saturated heterocycles. The zero-order chi connectivity index (χ0) is 15.0. The molecular formula is C15H16N2O4. The summed E-state index contributed by atoms with van der Waals surface area (Å²) >= 11 is 0. The van der Waals surface area contributed by atoms with E-state index in [4.69, 9.17) is 9.15 Å². The van der Waals surface area contributed by atoms with E-state index in [1.54, 1.807) is 7.11 Å². The summed E-state index contributed by atoms with van der Waals surface area (Å²) in [5.41, 5.74) is 0.683. The Morgan fingerprint density at radius 2 is 2.24 bits per heavy atom. The molecule has 0 radical (unpaired) electrons. The molecule has 3 rings (SSSR count). The first-order valence-electron chi connectivity index (χ1n) is 6.69. The van der Waals surface area contributed by atoms with Crippen LogP contribution in [0.3, 0.4) is 0 Å². The maximum Gasteiger partial charge on any atom is 0.246 e. The molecule has 0 spiro atoms. The lowest BCUT2D eigenvalue weighted by molar-refractivity contribution is -0.137. The van der Waals surface area contributed by atoms with Crippen LogP contribution >= 0.6 is 0 Å². The number of nitrogens with zero attached hydrogens (tertiary/aromatic N) is 1. The number of likely N-dealkylation sites (N-methyl/N-ethyl adjacent to an activating group) is 1. The molecule has 0 saturated carbocycles. The molecule has 1 N–H and O–H groups in total. The van der Waals surface area contributed by atoms with Gasteiger partial charge >= 0.3 is 0 Å². The van der Waals surface area contributed by atoms with Gasteiger partial charge in [-0.3, -0.25) is 19.8 Å². The van der Waals surface area contributed by atoms with Crippen LogP contribution in [0.1, 0.15) is 12.2 Å². The maximum absolute atomic E-state index is 11.8. The number of amides is 2. The molecule has 21 heavy (non-hydrogen) atoms. The van der Waals surface area contributed by atoms with Crippen molar-refractivity contribution in [3.63, 3.8) is 0 Å². The van der Waals surface area contributed by atoms with Gasteiger partial charge in [-0.2, -0.15) is 0 Å². The highest BCUT2D eigenvalue weighted by molar-refractivity contribution is 6.05. The average molecular weight is 288 g/mol. The van der Waals surface area contributed by atoms with Crippen molar-refractivity contribution < 1.29 is 18.7 Å². The van der Waals surface area contributed by atoms with Gasteiger partial charge in [0.2, 0.25) is 11.8 Å². The van der Waals surface area contributed by atoms with Crippen molar-refractivity contribution in [3.8, 4) is 5.75 Å². The molecule has 0 bridgehead atoms. The second-order valence-corrected chi connectivity index (χ2v) is 5.02. The van der Waals surface area contributed by atoms with E-state index in [1.165, 1.54) is 7.05 Å². The molecule has 1 aromatic carbocycles. The monoisotopic (exact) mass is 288 g/mol. The number of para-hydroxylation sites is 1. The fourth-order valence-corrected chi connectivity index (χ4v) is 2.48. The summed E-state index contributed by atoms with van der Waals surface area (Å²) in [5, 5.41) is 4.00. The Labute approximate surface area is 121 Å². The number of hydrogen-bond donors (Lipinski definition) is 1. The number of benzene rings is 1. The number of likely N-dealkylation sites (tertiary alicyclic amines) is 1. The first kappa shape index (κ1) is 13.6. The van der Waals surface area contributed by atoms with Crippen LogP contribution in [0, 0.1) is 0 Å². The van der Waals surface area contributed by atoms with Crippen LogP contribution in [0.15, 0.2) is 28.7 Å². The first-order chi connectivity index (χ1) is 10.1. The number of imide groups is 1. The number of nitrogens with one attached hydrogen (secondary N) is 1. The van der Waals surface area contributed by atoms with Crippen LogP contribution in [-0.2, 0) is 16.1 Å². The number of methoxy groups -OCH3 is 1. The van der Waals surface area contributed by atoms with Crippen molar-refractivity contribution in [3.05, 3.63) is 30.0 Å². The number of hydrogen-bond acceptors (Lipinski definition) is 5. The maximum atomic E-state index is 11.8. The Balaban J connectivity index is 1.74. The van der Waals surface area contributed by atoms with Gasteiger partial charge in [0.05, 0.1) is 26.1 Å². The van der Waals surface area contributed by atoms with Gasteiger partial charge in [0.1, 0.15) is 5.76 Å². The lowest BCUT2D eigenvalue weighted by Crippen LogP contribution is -2.36. The van der Waals surface area contributed by atoms with Gasteiger partial charge < -0.3 is 9.15 Å². The number of rotatable bonds is 4. The summed E-state index contributed by atoms with van der Waals surface area (Å²) in [6, 6.07) is 7.08. The van der Waals surface area contributed by atoms with E-state index in [2.05, 4.69) is 5.32 Å². The van der Waals surface area contributed by atoms with Crippen LogP contribution in [0.5, 0.6) is 5.75 Å². The Morgan fingerprint density at radius 1 is 1.43 bits per heavy atom. The van der Waals surface area contributed by atoms with Gasteiger partial charge in [0, 0.05) is 12.4 Å². The third-order valence-electron chi connectivity index (χ3n) is 3.68. The highest BCUT2D eigenvalue weighted by Crippen LogP contribution is 2.28. The zero-order valence-electron chi connectivity index (χ0n) is 11.9. The molecule has 1 aromatic heterocycles. The number of furan rings is 1. The standard InChI is InChI=1S/C15H16N2O4/c1-17-13(18)7-11(15(17)19)16-8-10-6-9-4-3-5-12(20-2)14(9)21-10/h3-6,11,16H,7-8H2,1-2H3. The van der Waals surface area contributed by atoms with E-state index in [9.17, 15) is 9.59 Å². The molecule has 6 heteroatoms. The first-order valence-corrected chi connectivity index (χ1v) is 6.69. The molecule has 2 amide bonds. The summed E-state index contributed by atoms with van der Waals surface area (Å²) in [6.45, 7) is 0.384. The molecular weight excluding hydrogens is 272 g/mol.